The number of hydrogen-bond acceptors (Lipinski definition) is 7. The molecule has 636 valence electrons. The zero-order valence-corrected chi connectivity index (χ0v) is 73.8. The second-order valence-corrected chi connectivity index (χ2v) is 35.3. The van der Waals surface area contributed by atoms with Crippen LogP contribution in [0.4, 0.5) is 85.3 Å². The van der Waals surface area contributed by atoms with Gasteiger partial charge in [0.2, 0.25) is 0 Å². The van der Waals surface area contributed by atoms with E-state index in [0.717, 1.165) is 152 Å². The molecule has 134 heavy (non-hydrogen) atoms. The smallest absolute Gasteiger partial charge is 0.151 e. The molecule has 8 heteroatoms. The lowest BCUT2D eigenvalue weighted by atomic mass is 9.93. The van der Waals surface area contributed by atoms with Gasteiger partial charge in [0.25, 0.3) is 0 Å². The molecule has 20 aromatic carbocycles. The lowest BCUT2D eigenvalue weighted by Gasteiger charge is -2.32. The van der Waals surface area contributed by atoms with Gasteiger partial charge >= 0.3 is 0 Å². The van der Waals surface area contributed by atoms with Gasteiger partial charge in [0, 0.05) is 79.0 Å². The van der Waals surface area contributed by atoms with Gasteiger partial charge in [0.15, 0.2) is 23.0 Å². The number of nitrogens with zero attached hydrogens (tertiary/aromatic N) is 6. The highest BCUT2D eigenvalue weighted by Gasteiger charge is 2.31. The van der Waals surface area contributed by atoms with Gasteiger partial charge in [-0.3, -0.25) is 0 Å². The Balaban J connectivity index is 0.000000144. The van der Waals surface area contributed by atoms with Crippen LogP contribution in [-0.2, 0) is 38.5 Å². The molecule has 0 fully saturated rings. The summed E-state index contributed by atoms with van der Waals surface area (Å²) in [6.45, 7) is 0. The molecule has 0 saturated heterocycles. The number of hydrogen-bond donors (Lipinski definition) is 0. The number of aromatic nitrogens is 1. The van der Waals surface area contributed by atoms with Crippen molar-refractivity contribution in [2.24, 2.45) is 0 Å². The van der Waals surface area contributed by atoms with E-state index >= 15 is 0 Å². The molecule has 0 saturated carbocycles. The van der Waals surface area contributed by atoms with Gasteiger partial charge in [-0.15, -0.1) is 0 Å². The molecule has 5 aliphatic rings. The summed E-state index contributed by atoms with van der Waals surface area (Å²) in [6.07, 6.45) is 6.15. The minimum Gasteiger partial charge on any atom is -0.453 e. The van der Waals surface area contributed by atoms with E-state index in [-0.39, 0.29) is 0 Å². The molecule has 0 aliphatic carbocycles. The molecule has 21 aromatic rings. The Hall–Kier alpha value is -17.2. The van der Waals surface area contributed by atoms with Crippen LogP contribution in [0, 0.1) is 0 Å². The molecular formula is C126H90N6O2. The van der Waals surface area contributed by atoms with Crippen molar-refractivity contribution in [1.82, 2.24) is 4.57 Å². The number of anilines is 15. The summed E-state index contributed by atoms with van der Waals surface area (Å²) >= 11 is 0. The number of fused-ring (bicyclic) bond motifs is 13. The first-order valence-corrected chi connectivity index (χ1v) is 46.5. The molecule has 5 aliphatic heterocycles. The highest BCUT2D eigenvalue weighted by molar-refractivity contribution is 6.09. The monoisotopic (exact) mass is 1720 g/mol. The molecule has 0 bridgehead atoms. The fourth-order valence-electron chi connectivity index (χ4n) is 20.9. The molecule has 6 heterocycles. The fourth-order valence-corrected chi connectivity index (χ4v) is 20.9. The van der Waals surface area contributed by atoms with Gasteiger partial charge in [-0.2, -0.15) is 0 Å². The van der Waals surface area contributed by atoms with Crippen LogP contribution in [0.3, 0.4) is 0 Å². The number of aryl methyl sites for hydroxylation is 6. The third kappa shape index (κ3) is 14.4. The summed E-state index contributed by atoms with van der Waals surface area (Å²) in [7, 11) is 0. The molecule has 0 N–H and O–H groups in total. The van der Waals surface area contributed by atoms with Crippen LogP contribution in [0.25, 0.3) is 94.3 Å². The van der Waals surface area contributed by atoms with E-state index in [0.29, 0.717) is 0 Å². The Morgan fingerprint density at radius 2 is 0.313 bits per heavy atom. The topological polar surface area (TPSA) is 39.6 Å². The van der Waals surface area contributed by atoms with E-state index in [4.69, 9.17) is 9.47 Å². The first-order valence-electron chi connectivity index (χ1n) is 46.5. The Labute approximate surface area is 780 Å². The van der Waals surface area contributed by atoms with Gasteiger partial charge < -0.3 is 38.5 Å². The van der Waals surface area contributed by atoms with Crippen LogP contribution in [0.15, 0.2) is 473 Å². The normalized spacial score (nSPS) is 13.1. The highest BCUT2D eigenvalue weighted by Crippen LogP contribution is 2.55. The second kappa shape index (κ2) is 33.7. The third-order valence-electron chi connectivity index (χ3n) is 27.4. The standard InChI is InChI=1S/C66H51N3.C60H39N3O2/c1-7-19-61-49(13-1)25-26-50-14-2-8-20-62(50)67(61)58-37-31-46(32-38-58)55-43-56(47-33-39-59(40-34-47)68-63-21-9-3-15-51(63)27-28-52-16-4-10-22-64(52)68)45-57(44-55)48-35-41-60(42-36-48)69-65-23-11-5-17-53(65)29-30-54-18-6-12-24-66(54)69;1-3-15-51-49(13-1)50-14-2-4-16-52(50)61(51)46-31-25-40(26-32-46)43-37-44(41-27-33-47(34-28-41)62-53-17-5-9-21-57(53)64-58-22-10-6-18-54(58)62)39-45(38-43)42-29-35-48(36-30-42)63-55-19-7-11-23-59(55)65-60-24-12-8-20-56(60)63/h1-24,31-45H,25-30H2;1-39H. The second-order valence-electron chi connectivity index (χ2n) is 35.3. The van der Waals surface area contributed by atoms with E-state index in [1.54, 1.807) is 0 Å². The van der Waals surface area contributed by atoms with E-state index in [1.807, 2.05) is 48.5 Å². The number of rotatable bonds is 12. The minimum atomic E-state index is 0.838. The van der Waals surface area contributed by atoms with Crippen LogP contribution >= 0.6 is 0 Å². The zero-order valence-electron chi connectivity index (χ0n) is 73.8. The molecular weight excluding hydrogens is 1630 g/mol. The molecule has 0 unspecified atom stereocenters. The van der Waals surface area contributed by atoms with Crippen LogP contribution in [0.1, 0.15) is 33.4 Å². The summed E-state index contributed by atoms with van der Waals surface area (Å²) < 4.78 is 15.0. The highest BCUT2D eigenvalue weighted by atomic mass is 16.5. The fraction of sp³-hybridized carbons (Fsp3) is 0.0476. The average molecular weight is 1720 g/mol. The van der Waals surface area contributed by atoms with Crippen molar-refractivity contribution in [3.05, 3.63) is 507 Å². The number of benzene rings is 20. The van der Waals surface area contributed by atoms with Gasteiger partial charge in [-0.25, -0.2) is 0 Å². The van der Waals surface area contributed by atoms with Crippen LogP contribution in [0.5, 0.6) is 23.0 Å². The summed E-state index contributed by atoms with van der Waals surface area (Å²) in [5.74, 6) is 3.35. The summed E-state index contributed by atoms with van der Waals surface area (Å²) in [4.78, 5) is 11.9. The predicted octanol–water partition coefficient (Wildman–Crippen LogP) is 34.3. The van der Waals surface area contributed by atoms with Gasteiger partial charge in [-0.05, 0) is 345 Å². The summed E-state index contributed by atoms with van der Waals surface area (Å²) in [5, 5.41) is 2.51. The molecule has 0 radical (unpaired) electrons. The van der Waals surface area contributed by atoms with E-state index in [2.05, 4.69) is 454 Å². The summed E-state index contributed by atoms with van der Waals surface area (Å²) in [5.41, 5.74) is 42.9. The van der Waals surface area contributed by atoms with Crippen molar-refractivity contribution in [3.8, 4) is 95.4 Å². The largest absolute Gasteiger partial charge is 0.453 e. The van der Waals surface area contributed by atoms with Crippen molar-refractivity contribution in [1.29, 1.82) is 0 Å². The number of para-hydroxylation sites is 16. The zero-order chi connectivity index (χ0) is 88.5. The Morgan fingerprint density at radius 3 is 0.537 bits per heavy atom. The average Bonchev–Trinajstić information content (AvgIpc) is 1.57. The predicted molar refractivity (Wildman–Crippen MR) is 556 cm³/mol. The third-order valence-corrected chi connectivity index (χ3v) is 27.4. The summed E-state index contributed by atoms with van der Waals surface area (Å²) in [6, 6.07) is 172. The van der Waals surface area contributed by atoms with Gasteiger partial charge in [0.05, 0.1) is 33.8 Å². The van der Waals surface area contributed by atoms with Crippen molar-refractivity contribution < 1.29 is 9.47 Å². The van der Waals surface area contributed by atoms with Crippen LogP contribution in [-0.4, -0.2) is 4.57 Å². The lowest BCUT2D eigenvalue weighted by molar-refractivity contribution is 0.477. The minimum absolute atomic E-state index is 0.838. The first kappa shape index (κ1) is 79.0. The molecule has 0 amide bonds. The van der Waals surface area contributed by atoms with Crippen LogP contribution in [0.2, 0.25) is 0 Å². The van der Waals surface area contributed by atoms with Crippen LogP contribution < -0.4 is 34.0 Å². The van der Waals surface area contributed by atoms with E-state index in [9.17, 15) is 0 Å². The van der Waals surface area contributed by atoms with Gasteiger partial charge in [-0.1, -0.05) is 267 Å². The molecule has 0 atom stereocenters. The maximum absolute atomic E-state index is 6.32. The SMILES string of the molecule is c1ccc2c(c1)CCc1ccccc1N2c1ccc(-c2cc(-c3ccc(N4c5ccccc5CCc5ccccc54)cc3)cc(-c3ccc(N4c5ccccc5CCc5ccccc54)cc3)c2)cc1.c1ccc2c(c1)Oc1ccccc1N2c1ccc(-c2cc(-c3ccc(N4c5ccccc5Oc5ccccc54)cc3)cc(-c3ccc(-n4c5ccccc5c5ccccc54)cc3)c2)cc1. The quantitative estimate of drug-likeness (QED) is 0.121. The van der Waals surface area contributed by atoms with E-state index in [1.165, 1.54) is 123 Å². The Bertz CT molecular complexity index is 7250. The van der Waals surface area contributed by atoms with Crippen molar-refractivity contribution >= 4 is 107 Å². The molecule has 1 aromatic heterocycles. The molecule has 26 rings (SSSR count). The first-order chi connectivity index (χ1) is 66.4. The van der Waals surface area contributed by atoms with Gasteiger partial charge in [0.1, 0.15) is 0 Å². The van der Waals surface area contributed by atoms with Crippen molar-refractivity contribution in [2.75, 3.05) is 24.5 Å². The maximum atomic E-state index is 6.32. The molecule has 0 spiro atoms. The Morgan fingerprint density at radius 1 is 0.142 bits per heavy atom. The Kier molecular flexibility index (Phi) is 19.9. The van der Waals surface area contributed by atoms with E-state index < -0.39 is 0 Å². The lowest BCUT2D eigenvalue weighted by Crippen LogP contribution is -2.15. The maximum Gasteiger partial charge on any atom is 0.151 e. The molecule has 8 nitrogen and oxygen atoms in total. The number of ether oxygens (including phenoxy) is 2. The van der Waals surface area contributed by atoms with Crippen molar-refractivity contribution in [2.45, 2.75) is 38.5 Å². The van der Waals surface area contributed by atoms with Crippen molar-refractivity contribution in [3.63, 3.8) is 0 Å².